The van der Waals surface area contributed by atoms with Gasteiger partial charge in [0.05, 0.1) is 0 Å². The molecule has 0 aliphatic carbocycles. The van der Waals surface area contributed by atoms with Crippen molar-refractivity contribution in [1.82, 2.24) is 0 Å². The first-order chi connectivity index (χ1) is 24.2. The second-order valence-corrected chi connectivity index (χ2v) is 12.5. The molecule has 1 heteroatoms. The first-order valence-electron chi connectivity index (χ1n) is 17.6. The number of unbranched alkanes of at least 4 members (excludes halogenated alkanes) is 3. The van der Waals surface area contributed by atoms with Crippen molar-refractivity contribution in [3.63, 3.8) is 0 Å². The fourth-order valence-electron chi connectivity index (χ4n) is 5.91. The molecule has 0 radical (unpaired) electrons. The van der Waals surface area contributed by atoms with E-state index in [2.05, 4.69) is 194 Å². The van der Waals surface area contributed by atoms with Crippen molar-refractivity contribution in [3.05, 3.63) is 197 Å². The van der Waals surface area contributed by atoms with Crippen LogP contribution in [0.2, 0.25) is 0 Å². The SMILES string of the molecule is CCCCCCc1ccc(N(c2ccc(/C=C/c3ccccc3)cc2)c2ccc(/C=C/c3ccc(/C=C/c4ccccc4)cc3)cc2)cc1. The average Bonchev–Trinajstić information content (AvgIpc) is 3.17. The van der Waals surface area contributed by atoms with Crippen LogP contribution >= 0.6 is 0 Å². The molecule has 0 N–H and O–H groups in total. The Bertz CT molecular complexity index is 1930. The van der Waals surface area contributed by atoms with Crippen LogP contribution in [-0.2, 0) is 6.42 Å². The Hall–Kier alpha value is -5.66. The van der Waals surface area contributed by atoms with Gasteiger partial charge >= 0.3 is 0 Å². The Labute approximate surface area is 293 Å². The van der Waals surface area contributed by atoms with Crippen LogP contribution in [0, 0.1) is 0 Å². The average molecular weight is 636 g/mol. The van der Waals surface area contributed by atoms with Gasteiger partial charge in [-0.1, -0.05) is 184 Å². The van der Waals surface area contributed by atoms with Gasteiger partial charge < -0.3 is 4.90 Å². The highest BCUT2D eigenvalue weighted by Crippen LogP contribution is 2.35. The lowest BCUT2D eigenvalue weighted by molar-refractivity contribution is 0.667. The molecule has 242 valence electrons. The molecule has 0 saturated heterocycles. The summed E-state index contributed by atoms with van der Waals surface area (Å²) >= 11 is 0. The summed E-state index contributed by atoms with van der Waals surface area (Å²) < 4.78 is 0. The number of aryl methyl sites for hydroxylation is 1. The van der Waals surface area contributed by atoms with Gasteiger partial charge in [0.1, 0.15) is 0 Å². The summed E-state index contributed by atoms with van der Waals surface area (Å²) in [4.78, 5) is 2.35. The summed E-state index contributed by atoms with van der Waals surface area (Å²) in [6.07, 6.45) is 19.3. The second kappa shape index (κ2) is 17.5. The Balaban J connectivity index is 1.18. The van der Waals surface area contributed by atoms with Gasteiger partial charge in [0.15, 0.2) is 0 Å². The lowest BCUT2D eigenvalue weighted by atomic mass is 10.0. The molecular weight excluding hydrogens is 591 g/mol. The van der Waals surface area contributed by atoms with Crippen LogP contribution < -0.4 is 4.90 Å². The minimum absolute atomic E-state index is 1.13. The fourth-order valence-corrected chi connectivity index (χ4v) is 5.91. The van der Waals surface area contributed by atoms with Gasteiger partial charge in [0.2, 0.25) is 0 Å². The third kappa shape index (κ3) is 9.92. The highest BCUT2D eigenvalue weighted by molar-refractivity contribution is 5.80. The van der Waals surface area contributed by atoms with E-state index in [1.807, 2.05) is 12.1 Å². The summed E-state index contributed by atoms with van der Waals surface area (Å²) in [5, 5.41) is 0. The molecule has 0 spiro atoms. The standard InChI is InChI=1S/C48H45N/c1-2-3-4-7-16-41-27-33-46(34-28-41)49(47-35-29-44(30-36-47)20-18-40-14-10-6-11-15-40)48-37-31-45(32-38-48)26-25-43-23-21-42(22-24-43)19-17-39-12-8-5-9-13-39/h5-6,8-15,17-38H,2-4,7,16H2,1H3/b19-17+,20-18+,26-25+. The normalized spacial score (nSPS) is 11.5. The molecule has 0 aliphatic rings. The summed E-state index contributed by atoms with van der Waals surface area (Å²) in [5.41, 5.74) is 12.0. The first-order valence-corrected chi connectivity index (χ1v) is 17.6. The first kappa shape index (κ1) is 33.2. The smallest absolute Gasteiger partial charge is 0.0462 e. The number of hydrogen-bond acceptors (Lipinski definition) is 1. The minimum Gasteiger partial charge on any atom is -0.311 e. The van der Waals surface area contributed by atoms with Crippen molar-refractivity contribution < 1.29 is 0 Å². The Morgan fingerprint density at radius 3 is 1.04 bits per heavy atom. The number of nitrogens with zero attached hydrogens (tertiary/aromatic N) is 1. The van der Waals surface area contributed by atoms with E-state index in [1.54, 1.807) is 0 Å². The monoisotopic (exact) mass is 635 g/mol. The van der Waals surface area contributed by atoms with Gasteiger partial charge in [-0.15, -0.1) is 0 Å². The third-order valence-corrected chi connectivity index (χ3v) is 8.76. The molecule has 0 amide bonds. The van der Waals surface area contributed by atoms with Crippen LogP contribution in [0.5, 0.6) is 0 Å². The zero-order valence-electron chi connectivity index (χ0n) is 28.5. The maximum Gasteiger partial charge on any atom is 0.0462 e. The molecule has 1 nitrogen and oxygen atoms in total. The Morgan fingerprint density at radius 1 is 0.347 bits per heavy atom. The number of hydrogen-bond donors (Lipinski definition) is 0. The van der Waals surface area contributed by atoms with E-state index < -0.39 is 0 Å². The van der Waals surface area contributed by atoms with E-state index >= 15 is 0 Å². The molecule has 6 aromatic rings. The molecule has 0 atom stereocenters. The largest absolute Gasteiger partial charge is 0.311 e. The minimum atomic E-state index is 1.13. The van der Waals surface area contributed by atoms with Gasteiger partial charge in [0, 0.05) is 17.1 Å². The van der Waals surface area contributed by atoms with Gasteiger partial charge in [0.25, 0.3) is 0 Å². The summed E-state index contributed by atoms with van der Waals surface area (Å²) in [6, 6.07) is 56.3. The molecule has 0 heterocycles. The van der Waals surface area contributed by atoms with Crippen molar-refractivity contribution in [3.8, 4) is 0 Å². The van der Waals surface area contributed by atoms with E-state index in [-0.39, 0.29) is 0 Å². The molecule has 49 heavy (non-hydrogen) atoms. The summed E-state index contributed by atoms with van der Waals surface area (Å²) in [5.74, 6) is 0. The van der Waals surface area contributed by atoms with Crippen LogP contribution in [0.15, 0.2) is 158 Å². The van der Waals surface area contributed by atoms with Crippen LogP contribution in [0.25, 0.3) is 36.5 Å². The van der Waals surface area contributed by atoms with E-state index in [9.17, 15) is 0 Å². The molecule has 0 saturated carbocycles. The van der Waals surface area contributed by atoms with Crippen LogP contribution in [0.4, 0.5) is 17.1 Å². The molecule has 0 bridgehead atoms. The van der Waals surface area contributed by atoms with Gasteiger partial charge in [-0.05, 0) is 88.2 Å². The zero-order chi connectivity index (χ0) is 33.5. The van der Waals surface area contributed by atoms with Crippen molar-refractivity contribution in [2.24, 2.45) is 0 Å². The Kier molecular flexibility index (Phi) is 11.9. The molecule has 6 rings (SSSR count). The maximum atomic E-state index is 2.35. The molecule has 0 unspecified atom stereocenters. The third-order valence-electron chi connectivity index (χ3n) is 8.76. The summed E-state index contributed by atoms with van der Waals surface area (Å²) in [6.45, 7) is 2.27. The predicted octanol–water partition coefficient (Wildman–Crippen LogP) is 13.8. The van der Waals surface area contributed by atoms with E-state index in [1.165, 1.54) is 64.6 Å². The quantitative estimate of drug-likeness (QED) is 0.0850. The number of benzene rings is 6. The highest BCUT2D eigenvalue weighted by Gasteiger charge is 2.12. The highest BCUT2D eigenvalue weighted by atomic mass is 15.1. The topological polar surface area (TPSA) is 3.24 Å². The predicted molar refractivity (Wildman–Crippen MR) is 215 cm³/mol. The van der Waals surface area contributed by atoms with E-state index in [4.69, 9.17) is 0 Å². The van der Waals surface area contributed by atoms with Crippen LogP contribution in [0.1, 0.15) is 71.6 Å². The lowest BCUT2D eigenvalue weighted by Crippen LogP contribution is -2.10. The molecule has 0 aromatic heterocycles. The molecule has 0 aliphatic heterocycles. The number of rotatable bonds is 14. The van der Waals surface area contributed by atoms with Gasteiger partial charge in [-0.25, -0.2) is 0 Å². The van der Waals surface area contributed by atoms with Gasteiger partial charge in [-0.2, -0.15) is 0 Å². The van der Waals surface area contributed by atoms with Gasteiger partial charge in [-0.3, -0.25) is 0 Å². The molecular formula is C48H45N. The van der Waals surface area contributed by atoms with Crippen molar-refractivity contribution >= 4 is 53.5 Å². The van der Waals surface area contributed by atoms with Crippen molar-refractivity contribution in [2.75, 3.05) is 4.90 Å². The Morgan fingerprint density at radius 2 is 0.673 bits per heavy atom. The van der Waals surface area contributed by atoms with Crippen molar-refractivity contribution in [1.29, 1.82) is 0 Å². The van der Waals surface area contributed by atoms with Crippen LogP contribution in [0.3, 0.4) is 0 Å². The lowest BCUT2D eigenvalue weighted by Gasteiger charge is -2.26. The van der Waals surface area contributed by atoms with Crippen LogP contribution in [-0.4, -0.2) is 0 Å². The molecule has 0 fully saturated rings. The zero-order valence-corrected chi connectivity index (χ0v) is 28.5. The van der Waals surface area contributed by atoms with E-state index in [0.717, 1.165) is 23.5 Å². The maximum absolute atomic E-state index is 2.35. The summed E-state index contributed by atoms with van der Waals surface area (Å²) in [7, 11) is 0. The fraction of sp³-hybridized carbons (Fsp3) is 0.125. The second-order valence-electron chi connectivity index (χ2n) is 12.5. The van der Waals surface area contributed by atoms with Crippen molar-refractivity contribution in [2.45, 2.75) is 39.0 Å². The van der Waals surface area contributed by atoms with E-state index in [0.29, 0.717) is 0 Å². The molecule has 6 aromatic carbocycles. The number of anilines is 3.